The maximum atomic E-state index is 3.36. The molecule has 4 rings (SSSR count). The van der Waals surface area contributed by atoms with Crippen LogP contribution >= 0.6 is 0 Å². The average Bonchev–Trinajstić information content (AvgIpc) is 3.14. The molecule has 0 radical (unpaired) electrons. The van der Waals surface area contributed by atoms with Gasteiger partial charge >= 0.3 is 41.9 Å². The molecule has 1 aliphatic carbocycles. The molecule has 2 heteroatoms. The first kappa shape index (κ1) is 24.9. The minimum Gasteiger partial charge on any atom is -0.149 e. The van der Waals surface area contributed by atoms with Crippen LogP contribution in [0.4, 0.5) is 0 Å². The van der Waals surface area contributed by atoms with E-state index in [9.17, 15) is 0 Å². The van der Waals surface area contributed by atoms with Crippen molar-refractivity contribution in [2.75, 3.05) is 0 Å². The van der Waals surface area contributed by atoms with Crippen molar-refractivity contribution in [2.24, 2.45) is 5.92 Å². The van der Waals surface area contributed by atoms with Crippen LogP contribution in [0.15, 0.2) is 71.3 Å². The van der Waals surface area contributed by atoms with Gasteiger partial charge in [-0.2, -0.15) is 11.1 Å². The second-order valence-corrected chi connectivity index (χ2v) is 17.8. The van der Waals surface area contributed by atoms with Gasteiger partial charge < -0.3 is 0 Å². The summed E-state index contributed by atoms with van der Waals surface area (Å²) in [5, 5.41) is 2.75. The average molecular weight is 490 g/mol. The second-order valence-electron chi connectivity index (χ2n) is 8.41. The van der Waals surface area contributed by atoms with Crippen LogP contribution in [0.25, 0.3) is 21.9 Å². The summed E-state index contributed by atoms with van der Waals surface area (Å²) in [7, 11) is 0. The molecule has 0 saturated heterocycles. The Morgan fingerprint density at radius 2 is 1.50 bits per heavy atom. The van der Waals surface area contributed by atoms with Gasteiger partial charge in [0.2, 0.25) is 0 Å². The quantitative estimate of drug-likeness (QED) is 0.238. The van der Waals surface area contributed by atoms with E-state index >= 15 is 0 Å². The molecule has 30 heavy (non-hydrogen) atoms. The summed E-state index contributed by atoms with van der Waals surface area (Å²) in [6, 6.07) is 19.4. The van der Waals surface area contributed by atoms with Crippen molar-refractivity contribution in [1.82, 2.24) is 0 Å². The Balaban J connectivity index is 0.000000207. The van der Waals surface area contributed by atoms with Crippen LogP contribution in [-0.2, 0) is 23.3 Å². The number of hydrogen-bond donors (Lipinski definition) is 0. The molecule has 1 aliphatic rings. The number of benzene rings is 2. The Labute approximate surface area is 198 Å². The van der Waals surface area contributed by atoms with Gasteiger partial charge in [-0.25, -0.2) is 5.57 Å². The van der Waals surface area contributed by atoms with E-state index in [1.54, 1.807) is 23.3 Å². The number of allylic oxidation sites excluding steroid dienone is 4. The van der Waals surface area contributed by atoms with E-state index in [-0.39, 0.29) is 5.43 Å². The molecule has 3 aromatic carbocycles. The summed E-state index contributed by atoms with van der Waals surface area (Å²) < 4.78 is 0. The van der Waals surface area contributed by atoms with E-state index in [1.165, 1.54) is 49.7 Å². The molecule has 0 spiro atoms. The zero-order valence-corrected chi connectivity index (χ0v) is 23.2. The minimum atomic E-state index is 0.210. The van der Waals surface area contributed by atoms with Crippen LogP contribution in [0.1, 0.15) is 38.8 Å². The summed E-state index contributed by atoms with van der Waals surface area (Å²) in [6.07, 6.45) is 3.36. The monoisotopic (exact) mass is 488 g/mol. The van der Waals surface area contributed by atoms with Crippen molar-refractivity contribution in [2.45, 2.75) is 54.6 Å². The van der Waals surface area contributed by atoms with Gasteiger partial charge in [0.25, 0.3) is 0 Å². The molecule has 0 N–H and O–H groups in total. The Bertz CT molecular complexity index is 1080. The van der Waals surface area contributed by atoms with E-state index in [4.69, 9.17) is 0 Å². The van der Waals surface area contributed by atoms with E-state index in [0.717, 1.165) is 0 Å². The summed E-state index contributed by atoms with van der Waals surface area (Å²) in [5.74, 6) is 0.560. The zero-order chi connectivity index (χ0) is 22.4. The van der Waals surface area contributed by atoms with Crippen LogP contribution < -0.4 is 0 Å². The smallest absolute Gasteiger partial charge is 0.0487 e. The van der Waals surface area contributed by atoms with E-state index in [1.807, 2.05) is 0 Å². The van der Waals surface area contributed by atoms with Gasteiger partial charge in [-0.1, -0.05) is 81.1 Å². The third kappa shape index (κ3) is 6.32. The molecule has 0 amide bonds. The first-order valence-electron chi connectivity index (χ1n) is 10.6. The van der Waals surface area contributed by atoms with Gasteiger partial charge in [0.1, 0.15) is 0 Å². The maximum absolute atomic E-state index is 3.36. The summed E-state index contributed by atoms with van der Waals surface area (Å²) in [5.41, 5.74) is 9.88. The third-order valence-corrected chi connectivity index (χ3v) is 5.62. The molecule has 0 fully saturated rings. The maximum Gasteiger partial charge on any atom is -0.0487 e. The Morgan fingerprint density at radius 1 is 0.900 bits per heavy atom. The third-order valence-electron chi connectivity index (χ3n) is 5.62. The first-order valence-corrected chi connectivity index (χ1v) is 16.8. The largest absolute Gasteiger partial charge is 0.149 e. The summed E-state index contributed by atoms with van der Waals surface area (Å²) >= 11 is 1.74. The molecular formula is C28H34SiZr. The minimum absolute atomic E-state index is 0.210. The molecule has 1 unspecified atom stereocenters. The molecule has 0 bridgehead atoms. The van der Waals surface area contributed by atoms with Gasteiger partial charge in [-0.05, 0) is 6.92 Å². The van der Waals surface area contributed by atoms with Gasteiger partial charge in [0.05, 0.1) is 0 Å². The van der Waals surface area contributed by atoms with E-state index in [2.05, 4.69) is 115 Å². The van der Waals surface area contributed by atoms with Crippen molar-refractivity contribution in [1.29, 1.82) is 0 Å². The molecular weight excluding hydrogens is 456 g/mol. The van der Waals surface area contributed by atoms with Crippen molar-refractivity contribution in [3.05, 3.63) is 88.5 Å². The standard InChI is InChI=1S/C17H15.C9H13.C2H6Si.Zr/c1-12-7-6-10-15-11-13(2)17(16(12)15)14-8-4-3-5-9-14;1-6-5-7(2)9(4)8(6)3;1-3-2;/h3-11H,1-2H3;6H,1-4H3;1-2H3;/q2*-1;;+2. The molecule has 0 saturated carbocycles. The van der Waals surface area contributed by atoms with Crippen LogP contribution in [-0.4, -0.2) is 5.43 Å². The Morgan fingerprint density at radius 3 is 1.97 bits per heavy atom. The molecule has 1 atom stereocenters. The van der Waals surface area contributed by atoms with E-state index < -0.39 is 0 Å². The number of aryl methyl sites for hydroxylation is 2. The van der Waals surface area contributed by atoms with Crippen molar-refractivity contribution in [3.63, 3.8) is 0 Å². The van der Waals surface area contributed by atoms with Crippen molar-refractivity contribution >= 4 is 16.2 Å². The van der Waals surface area contributed by atoms with Gasteiger partial charge in [-0.3, -0.25) is 6.08 Å². The molecule has 0 aliphatic heterocycles. The van der Waals surface area contributed by atoms with Crippen molar-refractivity contribution in [3.8, 4) is 11.1 Å². The van der Waals surface area contributed by atoms with Gasteiger partial charge in [0, 0.05) is 0 Å². The molecule has 3 aromatic rings. The van der Waals surface area contributed by atoms with Crippen LogP contribution in [0.5, 0.6) is 0 Å². The fourth-order valence-electron chi connectivity index (χ4n) is 3.79. The Kier molecular flexibility index (Phi) is 9.38. The fourth-order valence-corrected chi connectivity index (χ4v) is 3.79. The first-order chi connectivity index (χ1) is 14.1. The topological polar surface area (TPSA) is 0 Å². The normalized spacial score (nSPS) is 15.3. The van der Waals surface area contributed by atoms with Crippen LogP contribution in [0, 0.1) is 25.8 Å². The predicted octanol–water partition coefficient (Wildman–Crippen LogP) is 8.35. The van der Waals surface area contributed by atoms with Crippen LogP contribution in [0.3, 0.4) is 0 Å². The molecule has 0 aromatic heterocycles. The molecule has 0 heterocycles. The number of rotatable bonds is 1. The van der Waals surface area contributed by atoms with Gasteiger partial charge in [0.15, 0.2) is 0 Å². The number of hydrogen-bond acceptors (Lipinski definition) is 0. The predicted molar refractivity (Wildman–Crippen MR) is 132 cm³/mol. The Hall–Kier alpha value is -1.37. The van der Waals surface area contributed by atoms with Crippen LogP contribution in [0.2, 0.25) is 13.1 Å². The molecule has 154 valence electrons. The summed E-state index contributed by atoms with van der Waals surface area (Å²) in [6.45, 7) is 17.7. The second kappa shape index (κ2) is 11.3. The van der Waals surface area contributed by atoms with Crippen molar-refractivity contribution < 1.29 is 23.3 Å². The summed E-state index contributed by atoms with van der Waals surface area (Å²) in [4.78, 5) is 0. The number of fused-ring (bicyclic) bond motifs is 1. The molecule has 0 nitrogen and oxygen atoms in total. The fraction of sp³-hybridized carbons (Fsp3) is 0.321. The SMILES string of the molecule is CC1=[C-]C(C)C(C)=C1C.C[Si](C)=[Zr+2].Cc1[cH-]c2cccc(C)c2c1-c1ccccc1. The van der Waals surface area contributed by atoms with E-state index in [0.29, 0.717) is 5.92 Å². The zero-order valence-electron chi connectivity index (χ0n) is 19.8. The van der Waals surface area contributed by atoms with Gasteiger partial charge in [-0.15, -0.1) is 47.0 Å².